The molecule has 1 atom stereocenters. The third-order valence-electron chi connectivity index (χ3n) is 6.89. The van der Waals surface area contributed by atoms with Gasteiger partial charge in [0.1, 0.15) is 11.8 Å². The third kappa shape index (κ3) is 8.21. The Labute approximate surface area is 227 Å². The van der Waals surface area contributed by atoms with Crippen LogP contribution in [0.25, 0.3) is 0 Å². The Morgan fingerprint density at radius 2 is 1.82 bits per heavy atom. The number of anilines is 1. The molecule has 1 unspecified atom stereocenters. The molecule has 8 nitrogen and oxygen atoms in total. The highest BCUT2D eigenvalue weighted by Crippen LogP contribution is 2.30. The number of para-hydroxylation sites is 2. The maximum Gasteiger partial charge on any atom is 0.242 e. The number of ether oxygens (including phenoxy) is 1. The lowest BCUT2D eigenvalue weighted by Gasteiger charge is -2.30. The predicted octanol–water partition coefficient (Wildman–Crippen LogP) is 4.42. The van der Waals surface area contributed by atoms with Crippen LogP contribution in [0.15, 0.2) is 48.5 Å². The fourth-order valence-electron chi connectivity index (χ4n) is 4.90. The van der Waals surface area contributed by atoms with Gasteiger partial charge in [-0.2, -0.15) is 0 Å². The molecular weight excluding hydrogens is 502 g/mol. The first-order valence-electron chi connectivity index (χ1n) is 13.4. The van der Waals surface area contributed by atoms with Crippen LogP contribution >= 0.6 is 0 Å². The maximum absolute atomic E-state index is 13.5. The standard InChI is InChI=1S/C29H41N3O5S/c1-5-37-27-17-9-8-16-26(27)32(38(4,35)36)19-11-18-28(33)31(21-24-13-10-12-22(2)20-24)23(3)29(34)30-25-14-6-7-15-25/h8-10,12-13,16-17,20,23,25H,5-7,11,14-15,18-19,21H2,1-4H3,(H,30,34). The first kappa shape index (κ1) is 29.5. The number of aryl methyl sites for hydroxylation is 1. The van der Waals surface area contributed by atoms with Crippen molar-refractivity contribution in [3.8, 4) is 5.75 Å². The zero-order valence-corrected chi connectivity index (χ0v) is 23.8. The average Bonchev–Trinajstić information content (AvgIpc) is 3.38. The molecule has 0 aromatic heterocycles. The van der Waals surface area contributed by atoms with Gasteiger partial charge in [0.2, 0.25) is 21.8 Å². The van der Waals surface area contributed by atoms with E-state index in [2.05, 4.69) is 5.32 Å². The molecule has 1 aliphatic carbocycles. The van der Waals surface area contributed by atoms with Gasteiger partial charge in [0, 0.05) is 25.6 Å². The van der Waals surface area contributed by atoms with Crippen molar-refractivity contribution < 1.29 is 22.7 Å². The minimum absolute atomic E-state index is 0.107. The number of nitrogens with one attached hydrogen (secondary N) is 1. The first-order valence-corrected chi connectivity index (χ1v) is 15.3. The Hall–Kier alpha value is -3.07. The molecule has 208 valence electrons. The van der Waals surface area contributed by atoms with Crippen LogP contribution in [0.1, 0.15) is 63.5 Å². The van der Waals surface area contributed by atoms with Crippen molar-refractivity contribution in [2.75, 3.05) is 23.7 Å². The van der Waals surface area contributed by atoms with E-state index in [1.807, 2.05) is 38.1 Å². The second-order valence-corrected chi connectivity index (χ2v) is 11.9. The topological polar surface area (TPSA) is 96.0 Å². The second-order valence-electron chi connectivity index (χ2n) is 10.0. The van der Waals surface area contributed by atoms with E-state index in [9.17, 15) is 18.0 Å². The van der Waals surface area contributed by atoms with Crippen LogP contribution in [0.4, 0.5) is 5.69 Å². The summed E-state index contributed by atoms with van der Waals surface area (Å²) >= 11 is 0. The molecule has 0 saturated heterocycles. The minimum atomic E-state index is -3.61. The van der Waals surface area contributed by atoms with E-state index in [0.717, 1.165) is 43.1 Å². The predicted molar refractivity (Wildman–Crippen MR) is 151 cm³/mol. The summed E-state index contributed by atoms with van der Waals surface area (Å²) in [5.74, 6) is 0.137. The van der Waals surface area contributed by atoms with Crippen molar-refractivity contribution in [2.45, 2.75) is 77.9 Å². The Morgan fingerprint density at radius 1 is 1.11 bits per heavy atom. The quantitative estimate of drug-likeness (QED) is 0.404. The molecule has 0 spiro atoms. The number of benzene rings is 2. The van der Waals surface area contributed by atoms with Gasteiger partial charge in [-0.15, -0.1) is 0 Å². The summed E-state index contributed by atoms with van der Waals surface area (Å²) in [4.78, 5) is 28.2. The molecule has 1 aliphatic rings. The van der Waals surface area contributed by atoms with E-state index in [-0.39, 0.29) is 30.8 Å². The van der Waals surface area contributed by atoms with E-state index in [1.165, 1.54) is 4.31 Å². The summed E-state index contributed by atoms with van der Waals surface area (Å²) in [7, 11) is -3.61. The third-order valence-corrected chi connectivity index (χ3v) is 8.07. The smallest absolute Gasteiger partial charge is 0.242 e. The molecule has 1 N–H and O–H groups in total. The van der Waals surface area contributed by atoms with Gasteiger partial charge in [-0.1, -0.05) is 54.8 Å². The van der Waals surface area contributed by atoms with Crippen LogP contribution in [-0.2, 0) is 26.2 Å². The molecule has 2 aromatic carbocycles. The molecule has 2 amide bonds. The van der Waals surface area contributed by atoms with Gasteiger partial charge in [-0.05, 0) is 57.7 Å². The number of amides is 2. The molecular formula is C29H41N3O5S. The number of nitrogens with zero attached hydrogens (tertiary/aromatic N) is 2. The normalized spacial score (nSPS) is 14.6. The molecule has 38 heavy (non-hydrogen) atoms. The lowest BCUT2D eigenvalue weighted by atomic mass is 10.1. The van der Waals surface area contributed by atoms with Crippen molar-refractivity contribution in [1.82, 2.24) is 10.2 Å². The summed E-state index contributed by atoms with van der Waals surface area (Å²) in [5, 5.41) is 3.11. The summed E-state index contributed by atoms with van der Waals surface area (Å²) in [6.45, 7) is 6.43. The molecule has 1 fully saturated rings. The fourth-order valence-corrected chi connectivity index (χ4v) is 5.87. The summed E-state index contributed by atoms with van der Waals surface area (Å²) in [6.07, 6.45) is 5.70. The number of hydrogen-bond acceptors (Lipinski definition) is 5. The number of hydrogen-bond donors (Lipinski definition) is 1. The molecule has 0 aliphatic heterocycles. The van der Waals surface area contributed by atoms with Gasteiger partial charge in [0.05, 0.1) is 18.6 Å². The lowest BCUT2D eigenvalue weighted by Crippen LogP contribution is -2.49. The van der Waals surface area contributed by atoms with Gasteiger partial charge in [0.25, 0.3) is 0 Å². The van der Waals surface area contributed by atoms with Crippen LogP contribution in [0.2, 0.25) is 0 Å². The van der Waals surface area contributed by atoms with Crippen molar-refractivity contribution in [3.05, 3.63) is 59.7 Å². The number of sulfonamides is 1. The van der Waals surface area contributed by atoms with Gasteiger partial charge < -0.3 is 15.0 Å². The van der Waals surface area contributed by atoms with Crippen LogP contribution in [0.3, 0.4) is 0 Å². The van der Waals surface area contributed by atoms with Crippen LogP contribution in [-0.4, -0.2) is 56.6 Å². The number of rotatable bonds is 13. The van der Waals surface area contributed by atoms with Crippen molar-refractivity contribution >= 4 is 27.5 Å². The molecule has 9 heteroatoms. The monoisotopic (exact) mass is 543 g/mol. The zero-order chi connectivity index (χ0) is 27.7. The molecule has 0 radical (unpaired) electrons. The van der Waals surface area contributed by atoms with Crippen LogP contribution < -0.4 is 14.4 Å². The number of carbonyl (C=O) groups excluding carboxylic acids is 2. The average molecular weight is 544 g/mol. The van der Waals surface area contributed by atoms with Gasteiger partial charge >= 0.3 is 0 Å². The summed E-state index contributed by atoms with van der Waals surface area (Å²) in [6, 6.07) is 14.4. The Kier molecular flexibility index (Phi) is 10.6. The van der Waals surface area contributed by atoms with Crippen molar-refractivity contribution in [1.29, 1.82) is 0 Å². The van der Waals surface area contributed by atoms with E-state index >= 15 is 0 Å². The van der Waals surface area contributed by atoms with Gasteiger partial charge in [-0.25, -0.2) is 8.42 Å². The minimum Gasteiger partial charge on any atom is -0.492 e. The van der Waals surface area contributed by atoms with E-state index in [0.29, 0.717) is 31.0 Å². The first-order chi connectivity index (χ1) is 18.1. The Balaban J connectivity index is 1.74. The van der Waals surface area contributed by atoms with Crippen molar-refractivity contribution in [3.63, 3.8) is 0 Å². The Morgan fingerprint density at radius 3 is 2.47 bits per heavy atom. The molecule has 2 aromatic rings. The van der Waals surface area contributed by atoms with E-state index in [1.54, 1.807) is 36.1 Å². The molecule has 0 heterocycles. The van der Waals surface area contributed by atoms with E-state index < -0.39 is 16.1 Å². The van der Waals surface area contributed by atoms with Gasteiger partial charge in [0.15, 0.2) is 0 Å². The SMILES string of the molecule is CCOc1ccccc1N(CCCC(=O)N(Cc1cccc(C)c1)C(C)C(=O)NC1CCCC1)S(C)(=O)=O. The highest BCUT2D eigenvalue weighted by Gasteiger charge is 2.29. The fraction of sp³-hybridized carbons (Fsp3) is 0.517. The summed E-state index contributed by atoms with van der Waals surface area (Å²) in [5.41, 5.74) is 2.47. The summed E-state index contributed by atoms with van der Waals surface area (Å²) < 4.78 is 32.2. The molecule has 1 saturated carbocycles. The van der Waals surface area contributed by atoms with E-state index in [4.69, 9.17) is 4.74 Å². The Bertz CT molecular complexity index is 1190. The number of carbonyl (C=O) groups is 2. The molecule has 0 bridgehead atoms. The molecule has 3 rings (SSSR count). The van der Waals surface area contributed by atoms with Gasteiger partial charge in [-0.3, -0.25) is 13.9 Å². The van der Waals surface area contributed by atoms with Crippen molar-refractivity contribution in [2.24, 2.45) is 0 Å². The highest BCUT2D eigenvalue weighted by atomic mass is 32.2. The largest absolute Gasteiger partial charge is 0.492 e. The maximum atomic E-state index is 13.5. The van der Waals surface area contributed by atoms with Crippen LogP contribution in [0.5, 0.6) is 5.75 Å². The lowest BCUT2D eigenvalue weighted by molar-refractivity contribution is -0.141. The highest BCUT2D eigenvalue weighted by molar-refractivity contribution is 7.92. The van der Waals surface area contributed by atoms with Crippen LogP contribution in [0, 0.1) is 6.92 Å². The second kappa shape index (κ2) is 13.6. The zero-order valence-electron chi connectivity index (χ0n) is 23.0.